The fourth-order valence-corrected chi connectivity index (χ4v) is 2.03. The van der Waals surface area contributed by atoms with Crippen LogP contribution in [-0.4, -0.2) is 18.9 Å². The Morgan fingerprint density at radius 3 is 2.46 bits per heavy atom. The molecule has 1 fully saturated rings. The van der Waals surface area contributed by atoms with Gasteiger partial charge in [0.15, 0.2) is 0 Å². The van der Waals surface area contributed by atoms with Gasteiger partial charge in [-0.2, -0.15) is 0 Å². The van der Waals surface area contributed by atoms with E-state index in [2.05, 4.69) is 20.8 Å². The van der Waals surface area contributed by atoms with Gasteiger partial charge in [0.1, 0.15) is 0 Å². The molecule has 0 saturated heterocycles. The molecule has 0 bridgehead atoms. The highest BCUT2D eigenvalue weighted by molar-refractivity contribution is 5.86. The highest BCUT2D eigenvalue weighted by Crippen LogP contribution is 2.37. The summed E-state index contributed by atoms with van der Waals surface area (Å²) in [6, 6.07) is 0. The van der Waals surface area contributed by atoms with Crippen molar-refractivity contribution < 1.29 is 4.74 Å². The molecule has 2 heteroatoms. The second-order valence-electron chi connectivity index (χ2n) is 5.09. The number of hydrogen-bond acceptors (Lipinski definition) is 2. The van der Waals surface area contributed by atoms with E-state index in [4.69, 9.17) is 10.1 Å². The summed E-state index contributed by atoms with van der Waals surface area (Å²) >= 11 is 0. The van der Waals surface area contributed by atoms with Crippen LogP contribution in [0, 0.1) is 16.7 Å². The molecule has 1 aliphatic rings. The molecule has 0 amide bonds. The van der Waals surface area contributed by atoms with Gasteiger partial charge in [0, 0.05) is 12.8 Å². The lowest BCUT2D eigenvalue weighted by atomic mass is 9.71. The molecule has 13 heavy (non-hydrogen) atoms. The monoisotopic (exact) mass is 183 g/mol. The summed E-state index contributed by atoms with van der Waals surface area (Å²) in [4.78, 5) is 0. The van der Waals surface area contributed by atoms with Crippen molar-refractivity contribution in [2.75, 3.05) is 7.11 Å². The maximum Gasteiger partial charge on any atom is 0.0947 e. The Bertz CT molecular complexity index is 193. The summed E-state index contributed by atoms with van der Waals surface area (Å²) < 4.78 is 5.30. The van der Waals surface area contributed by atoms with Crippen molar-refractivity contribution in [1.82, 2.24) is 0 Å². The van der Waals surface area contributed by atoms with Crippen molar-refractivity contribution in [1.29, 1.82) is 5.41 Å². The summed E-state index contributed by atoms with van der Waals surface area (Å²) in [6.07, 6.45) is 3.18. The lowest BCUT2D eigenvalue weighted by molar-refractivity contribution is 0.0828. The van der Waals surface area contributed by atoms with Gasteiger partial charge < -0.3 is 10.1 Å². The molecular formula is C11H21NO. The van der Waals surface area contributed by atoms with Crippen molar-refractivity contribution in [2.24, 2.45) is 11.3 Å². The predicted molar refractivity (Wildman–Crippen MR) is 55.3 cm³/mol. The molecule has 1 aliphatic carbocycles. The standard InChI is InChI=1S/C11H21NO/c1-11(2,3)8-5-6-9(12)10(7-8)13-4/h8,10,12H,5-7H2,1-4H3. The van der Waals surface area contributed by atoms with Crippen LogP contribution < -0.4 is 0 Å². The molecule has 1 N–H and O–H groups in total. The zero-order valence-electron chi connectivity index (χ0n) is 9.18. The topological polar surface area (TPSA) is 33.1 Å². The van der Waals surface area contributed by atoms with Crippen LogP contribution in [0.3, 0.4) is 0 Å². The van der Waals surface area contributed by atoms with Crippen molar-refractivity contribution >= 4 is 5.71 Å². The van der Waals surface area contributed by atoms with Crippen LogP contribution in [0.5, 0.6) is 0 Å². The fraction of sp³-hybridized carbons (Fsp3) is 0.909. The van der Waals surface area contributed by atoms with Gasteiger partial charge in [0.2, 0.25) is 0 Å². The van der Waals surface area contributed by atoms with Gasteiger partial charge in [0.25, 0.3) is 0 Å². The molecule has 0 heterocycles. The normalized spacial score (nSPS) is 30.6. The number of ether oxygens (including phenoxy) is 1. The third kappa shape index (κ3) is 2.53. The first-order valence-corrected chi connectivity index (χ1v) is 5.05. The Morgan fingerprint density at radius 2 is 2.00 bits per heavy atom. The van der Waals surface area contributed by atoms with E-state index in [9.17, 15) is 0 Å². The summed E-state index contributed by atoms with van der Waals surface area (Å²) in [5, 5.41) is 7.72. The first-order valence-electron chi connectivity index (χ1n) is 5.05. The molecule has 2 nitrogen and oxygen atoms in total. The molecular weight excluding hydrogens is 162 g/mol. The largest absolute Gasteiger partial charge is 0.376 e. The van der Waals surface area contributed by atoms with E-state index >= 15 is 0 Å². The minimum absolute atomic E-state index is 0.0815. The Labute approximate surface area is 81.2 Å². The highest BCUT2D eigenvalue weighted by atomic mass is 16.5. The highest BCUT2D eigenvalue weighted by Gasteiger charge is 2.32. The molecule has 1 rings (SSSR count). The maximum atomic E-state index is 7.72. The number of methoxy groups -OCH3 is 1. The third-order valence-electron chi connectivity index (χ3n) is 3.16. The van der Waals surface area contributed by atoms with Crippen LogP contribution in [0.4, 0.5) is 0 Å². The second-order valence-corrected chi connectivity index (χ2v) is 5.09. The van der Waals surface area contributed by atoms with Gasteiger partial charge in [0.05, 0.1) is 6.10 Å². The average molecular weight is 183 g/mol. The van der Waals surface area contributed by atoms with Gasteiger partial charge in [-0.05, 0) is 30.6 Å². The number of hydrogen-bond donors (Lipinski definition) is 1. The van der Waals surface area contributed by atoms with E-state index in [-0.39, 0.29) is 6.10 Å². The first kappa shape index (κ1) is 10.7. The Kier molecular flexibility index (Phi) is 3.12. The van der Waals surface area contributed by atoms with Crippen LogP contribution in [0.1, 0.15) is 40.0 Å². The van der Waals surface area contributed by atoms with Gasteiger partial charge in [-0.25, -0.2) is 0 Å². The molecule has 0 aromatic rings. The van der Waals surface area contributed by atoms with Gasteiger partial charge in [-0.3, -0.25) is 0 Å². The molecule has 0 aromatic carbocycles. The maximum absolute atomic E-state index is 7.72. The molecule has 0 spiro atoms. The summed E-state index contributed by atoms with van der Waals surface area (Å²) in [5.41, 5.74) is 1.14. The molecule has 2 atom stereocenters. The zero-order valence-corrected chi connectivity index (χ0v) is 9.18. The third-order valence-corrected chi connectivity index (χ3v) is 3.16. The van der Waals surface area contributed by atoms with E-state index in [1.54, 1.807) is 7.11 Å². The number of nitrogens with one attached hydrogen (secondary N) is 1. The van der Waals surface area contributed by atoms with E-state index in [0.29, 0.717) is 11.3 Å². The lowest BCUT2D eigenvalue weighted by Gasteiger charge is -2.37. The Morgan fingerprint density at radius 1 is 1.38 bits per heavy atom. The van der Waals surface area contributed by atoms with Crippen LogP contribution in [0.2, 0.25) is 0 Å². The van der Waals surface area contributed by atoms with Crippen molar-refractivity contribution in [2.45, 2.75) is 46.1 Å². The van der Waals surface area contributed by atoms with Gasteiger partial charge in [-0.15, -0.1) is 0 Å². The molecule has 76 valence electrons. The minimum atomic E-state index is 0.0815. The van der Waals surface area contributed by atoms with Crippen LogP contribution in [0.15, 0.2) is 0 Å². The molecule has 2 unspecified atom stereocenters. The van der Waals surface area contributed by atoms with Crippen LogP contribution in [-0.2, 0) is 4.74 Å². The number of rotatable bonds is 1. The minimum Gasteiger partial charge on any atom is -0.376 e. The fourth-order valence-electron chi connectivity index (χ4n) is 2.03. The summed E-state index contributed by atoms with van der Waals surface area (Å²) in [7, 11) is 1.71. The van der Waals surface area contributed by atoms with Gasteiger partial charge in [-0.1, -0.05) is 20.8 Å². The molecule has 0 aromatic heterocycles. The quantitative estimate of drug-likeness (QED) is 0.666. The second kappa shape index (κ2) is 3.79. The van der Waals surface area contributed by atoms with Crippen LogP contribution in [0.25, 0.3) is 0 Å². The van der Waals surface area contributed by atoms with Crippen molar-refractivity contribution in [3.8, 4) is 0 Å². The first-order chi connectivity index (χ1) is 5.95. The lowest BCUT2D eigenvalue weighted by Crippen LogP contribution is -2.36. The van der Waals surface area contributed by atoms with E-state index in [1.165, 1.54) is 0 Å². The SMILES string of the molecule is COC1CC(C(C)(C)C)CCC1=N. The predicted octanol–water partition coefficient (Wildman–Crippen LogP) is 2.87. The summed E-state index contributed by atoms with van der Waals surface area (Å²) in [6.45, 7) is 6.83. The molecule has 0 radical (unpaired) electrons. The van der Waals surface area contributed by atoms with E-state index in [0.717, 1.165) is 25.0 Å². The zero-order chi connectivity index (χ0) is 10.1. The summed E-state index contributed by atoms with van der Waals surface area (Å²) in [5.74, 6) is 0.701. The Balaban J connectivity index is 2.60. The smallest absolute Gasteiger partial charge is 0.0947 e. The van der Waals surface area contributed by atoms with E-state index < -0.39 is 0 Å². The average Bonchev–Trinajstić information content (AvgIpc) is 2.03. The molecule has 0 aliphatic heterocycles. The van der Waals surface area contributed by atoms with Crippen LogP contribution >= 0.6 is 0 Å². The molecule has 1 saturated carbocycles. The van der Waals surface area contributed by atoms with Crippen molar-refractivity contribution in [3.63, 3.8) is 0 Å². The van der Waals surface area contributed by atoms with E-state index in [1.807, 2.05) is 0 Å². The van der Waals surface area contributed by atoms with Crippen molar-refractivity contribution in [3.05, 3.63) is 0 Å². The Hall–Kier alpha value is -0.370. The van der Waals surface area contributed by atoms with Gasteiger partial charge >= 0.3 is 0 Å².